The van der Waals surface area contributed by atoms with Crippen molar-refractivity contribution in [2.75, 3.05) is 0 Å². The van der Waals surface area contributed by atoms with Crippen LogP contribution in [0.15, 0.2) is 140 Å². The Bertz CT molecular complexity index is 2890. The van der Waals surface area contributed by atoms with Gasteiger partial charge >= 0.3 is 0 Å². The van der Waals surface area contributed by atoms with E-state index in [1.807, 2.05) is 94.2 Å². The molecular weight excluding hydrogens is 834 g/mol. The Balaban J connectivity index is 0.00000441. The van der Waals surface area contributed by atoms with Crippen molar-refractivity contribution in [1.82, 2.24) is 19.1 Å². The van der Waals surface area contributed by atoms with Gasteiger partial charge in [-0.15, -0.1) is 23.6 Å². The van der Waals surface area contributed by atoms with Gasteiger partial charge in [0.2, 0.25) is 0 Å². The molecule has 7 heteroatoms. The summed E-state index contributed by atoms with van der Waals surface area (Å²) in [6.45, 7) is 4.29. The summed E-state index contributed by atoms with van der Waals surface area (Å²) < 4.78 is 37.0. The average molecular weight is 872 g/mol. The van der Waals surface area contributed by atoms with Crippen molar-refractivity contribution in [3.05, 3.63) is 170 Å². The molecule has 0 saturated carbocycles. The molecular formula is C46H35N5OPt-2. The molecule has 6 nitrogen and oxygen atoms in total. The number of hydrogen-bond donors (Lipinski definition) is 0. The molecule has 53 heavy (non-hydrogen) atoms. The number of rotatable bonds is 6. The van der Waals surface area contributed by atoms with Crippen molar-refractivity contribution in [3.8, 4) is 39.8 Å². The number of nitrogens with zero attached hydrogens (tertiary/aromatic N) is 5. The molecule has 5 aromatic carbocycles. The summed E-state index contributed by atoms with van der Waals surface area (Å²) in [7, 11) is 0. The van der Waals surface area contributed by atoms with Crippen LogP contribution in [0.3, 0.4) is 0 Å². The number of pyridine rings is 2. The van der Waals surface area contributed by atoms with Crippen LogP contribution in [0.1, 0.15) is 36.0 Å². The maximum Gasteiger partial charge on any atom is 0.268 e. The van der Waals surface area contributed by atoms with E-state index in [2.05, 4.69) is 79.1 Å². The predicted molar refractivity (Wildman–Crippen MR) is 207 cm³/mol. The fraction of sp³-hybridized carbons (Fsp3) is 0.109. The molecule has 9 rings (SSSR count). The smallest absolute Gasteiger partial charge is 0.268 e. The van der Waals surface area contributed by atoms with Gasteiger partial charge in [-0.3, -0.25) is 4.57 Å². The van der Waals surface area contributed by atoms with Crippen LogP contribution in [0.5, 0.6) is 11.5 Å². The minimum Gasteiger partial charge on any atom is -0.508 e. The van der Waals surface area contributed by atoms with Crippen LogP contribution in [0.2, 0.25) is 0 Å². The van der Waals surface area contributed by atoms with Gasteiger partial charge in [0.05, 0.1) is 16.7 Å². The van der Waals surface area contributed by atoms with Gasteiger partial charge in [-0.2, -0.15) is 6.07 Å². The minimum absolute atomic E-state index is 0. The molecule has 0 saturated heterocycles. The molecule has 4 heterocycles. The van der Waals surface area contributed by atoms with Gasteiger partial charge < -0.3 is 18.9 Å². The van der Waals surface area contributed by atoms with Crippen molar-refractivity contribution < 1.29 is 34.5 Å². The second-order valence-corrected chi connectivity index (χ2v) is 13.9. The molecule has 0 radical (unpaired) electrons. The van der Waals surface area contributed by atoms with Crippen LogP contribution in [-0.2, 0) is 26.5 Å². The number of imidazole rings is 1. The first-order valence-corrected chi connectivity index (χ1v) is 17.2. The molecule has 0 N–H and O–H groups in total. The molecule has 0 unspecified atom stereocenters. The van der Waals surface area contributed by atoms with E-state index in [1.165, 1.54) is 5.56 Å². The number of para-hydroxylation sites is 3. The van der Waals surface area contributed by atoms with Gasteiger partial charge in [0.15, 0.2) is 0 Å². The largest absolute Gasteiger partial charge is 0.508 e. The zero-order valence-electron chi connectivity index (χ0n) is 32.2. The molecule has 262 valence electrons. The summed E-state index contributed by atoms with van der Waals surface area (Å²) in [6, 6.07) is 46.4. The number of benzene rings is 5. The predicted octanol–water partition coefficient (Wildman–Crippen LogP) is 10.3. The summed E-state index contributed by atoms with van der Waals surface area (Å²) in [5.74, 6) is 1.72. The average Bonchev–Trinajstić information content (AvgIpc) is 3.74. The third-order valence-electron chi connectivity index (χ3n) is 9.34. The van der Waals surface area contributed by atoms with Gasteiger partial charge in [0, 0.05) is 48.4 Å². The van der Waals surface area contributed by atoms with Crippen LogP contribution in [0, 0.1) is 25.3 Å². The quantitative estimate of drug-likeness (QED) is 0.124. The molecule has 0 fully saturated rings. The van der Waals surface area contributed by atoms with Crippen molar-refractivity contribution >= 4 is 32.8 Å². The first-order chi connectivity index (χ1) is 26.5. The van der Waals surface area contributed by atoms with Gasteiger partial charge in [-0.25, -0.2) is 4.98 Å². The summed E-state index contributed by atoms with van der Waals surface area (Å²) in [5.41, 5.74) is 7.93. The molecule has 0 spiro atoms. The standard InChI is InChI=1S/C46H35N5O.Pt/c1-31-22-33(32-12-6-5-7-13-32)24-35(23-31)49-30-50(43-17-11-10-16-42(43)49)36-26-38(29-47-28-36)52-37-18-19-40-39-14-8-9-15-41(39)51(44(40)27-37)45-25-34(20-21-48-45)46(2,3)4;/h5-25,28-29H,1-4H3;/q-2;/i1D3;. The van der Waals surface area contributed by atoms with Crippen molar-refractivity contribution in [3.63, 3.8) is 0 Å². The fourth-order valence-corrected chi connectivity index (χ4v) is 6.80. The maximum absolute atomic E-state index is 8.24. The van der Waals surface area contributed by atoms with Crippen LogP contribution < -0.4 is 9.30 Å². The number of ether oxygens (including phenoxy) is 1. The van der Waals surface area contributed by atoms with E-state index in [0.717, 1.165) is 49.8 Å². The summed E-state index contributed by atoms with van der Waals surface area (Å²) in [6.07, 6.45) is 8.64. The van der Waals surface area contributed by atoms with E-state index in [-0.39, 0.29) is 32.0 Å². The number of hydrogen-bond acceptors (Lipinski definition) is 3. The molecule has 4 aromatic heterocycles. The minimum atomic E-state index is -2.30. The van der Waals surface area contributed by atoms with E-state index in [1.54, 1.807) is 24.5 Å². The van der Waals surface area contributed by atoms with E-state index >= 15 is 0 Å². The van der Waals surface area contributed by atoms with Crippen LogP contribution in [0.25, 0.3) is 61.2 Å². The molecule has 0 bridgehead atoms. The Labute approximate surface area is 327 Å². The van der Waals surface area contributed by atoms with Crippen molar-refractivity contribution in [1.29, 1.82) is 0 Å². The number of fused-ring (bicyclic) bond motifs is 4. The Morgan fingerprint density at radius 1 is 0.736 bits per heavy atom. The molecule has 9 aromatic rings. The Morgan fingerprint density at radius 2 is 1.53 bits per heavy atom. The first-order valence-electron chi connectivity index (χ1n) is 18.7. The van der Waals surface area contributed by atoms with Crippen molar-refractivity contribution in [2.24, 2.45) is 0 Å². The second kappa shape index (κ2) is 13.6. The second-order valence-electron chi connectivity index (χ2n) is 13.9. The van der Waals surface area contributed by atoms with Crippen LogP contribution in [0.4, 0.5) is 0 Å². The van der Waals surface area contributed by atoms with Gasteiger partial charge in [-0.1, -0.05) is 117 Å². The van der Waals surface area contributed by atoms with Crippen LogP contribution >= 0.6 is 0 Å². The van der Waals surface area contributed by atoms with Crippen molar-refractivity contribution in [2.45, 2.75) is 33.0 Å². The summed E-state index contributed by atoms with van der Waals surface area (Å²) in [5, 5.41) is 2.14. The van der Waals surface area contributed by atoms with Crippen LogP contribution in [-0.4, -0.2) is 19.1 Å². The molecule has 0 aliphatic heterocycles. The fourth-order valence-electron chi connectivity index (χ4n) is 6.80. The first kappa shape index (κ1) is 30.8. The SMILES string of the molecule is [2H]C([2H])([2H])c1cc(-c2ccccc2)cc(-[n+]2[c-]n(-c3[c-]c(Oc4[c-]c5c(cc4)c4ccccc4n5-c4cc(C(C)(C)C)ccn4)cnc3)c3ccccc32)c1.[Pt]. The monoisotopic (exact) mass is 871 g/mol. The topological polar surface area (TPSA) is 48.8 Å². The number of aryl methyl sites for hydroxylation is 1. The molecule has 0 atom stereocenters. The molecule has 0 amide bonds. The summed E-state index contributed by atoms with van der Waals surface area (Å²) >= 11 is 0. The normalized spacial score (nSPS) is 12.7. The van der Waals surface area contributed by atoms with Gasteiger partial charge in [0.1, 0.15) is 5.82 Å². The molecule has 0 aliphatic rings. The van der Waals surface area contributed by atoms with E-state index in [4.69, 9.17) is 13.8 Å². The van der Waals surface area contributed by atoms with Gasteiger partial charge in [-0.05, 0) is 76.6 Å². The number of aromatic nitrogens is 5. The maximum atomic E-state index is 8.24. The zero-order chi connectivity index (χ0) is 37.9. The Morgan fingerprint density at radius 3 is 2.36 bits per heavy atom. The molecule has 0 aliphatic carbocycles. The third kappa shape index (κ3) is 6.34. The van der Waals surface area contributed by atoms with E-state index in [9.17, 15) is 0 Å². The summed E-state index contributed by atoms with van der Waals surface area (Å²) in [4.78, 5) is 9.32. The Hall–Kier alpha value is -5.84. The van der Waals surface area contributed by atoms with E-state index < -0.39 is 6.85 Å². The Kier molecular flexibility index (Phi) is 7.90. The van der Waals surface area contributed by atoms with Gasteiger partial charge in [0.25, 0.3) is 6.33 Å². The van der Waals surface area contributed by atoms with E-state index in [0.29, 0.717) is 22.9 Å². The third-order valence-corrected chi connectivity index (χ3v) is 9.34. The zero-order valence-corrected chi connectivity index (χ0v) is 31.5.